The summed E-state index contributed by atoms with van der Waals surface area (Å²) in [5, 5.41) is 43.4. The number of aliphatic hydroxyl groups is 1. The topological polar surface area (TPSA) is 295 Å². The summed E-state index contributed by atoms with van der Waals surface area (Å²) in [5.41, 5.74) is 19.9. The first kappa shape index (κ1) is 29.9. The molecule has 0 fully saturated rings. The maximum atomic E-state index is 12.8. The van der Waals surface area contributed by atoms with Crippen LogP contribution in [0.15, 0.2) is 36.5 Å². The van der Waals surface area contributed by atoms with Gasteiger partial charge in [0, 0.05) is 16.8 Å². The van der Waals surface area contributed by atoms with Crippen LogP contribution in [0.5, 0.6) is 0 Å². The van der Waals surface area contributed by atoms with E-state index in [-0.39, 0.29) is 42.7 Å². The van der Waals surface area contributed by atoms with Crippen LogP contribution in [0.25, 0.3) is 22.6 Å². The SMILES string of the molecule is Nc1ccc(C(O)NCCC[C@H](NC(=O)c2ccc(NCc3cnc4nc(N)nc(N)c4n3)s2)C(=O)O)c(-c2nn[nH]n2)c1. The van der Waals surface area contributed by atoms with E-state index in [9.17, 15) is 19.8 Å². The number of benzene rings is 1. The van der Waals surface area contributed by atoms with Crippen LogP contribution in [0, 0.1) is 0 Å². The number of carbonyl (C=O) groups is 2. The zero-order valence-electron chi connectivity index (χ0n) is 22.9. The summed E-state index contributed by atoms with van der Waals surface area (Å²) in [6, 6.07) is 7.04. The quantitative estimate of drug-likeness (QED) is 0.0484. The van der Waals surface area contributed by atoms with Gasteiger partial charge >= 0.3 is 5.97 Å². The Bertz CT molecular complexity index is 1780. The zero-order chi connectivity index (χ0) is 31.2. The molecular weight excluding hydrogens is 592 g/mol. The standard InChI is InChI=1S/C25H28N14O4S/c26-11-3-4-13(14(8-11)20-36-38-39-37-20)22(40)29-7-1-2-15(24(42)43)33-23(41)16-5-6-17(44-16)30-9-12-10-31-21-18(32-12)19(27)34-25(28)35-21/h3-6,8,10,15,22,29-30,40H,1-2,7,9,26H2,(H,33,41)(H,42,43)(H,36,37,38,39)(H4,27,28,31,34,35)/t15-,22?/m0/s1. The molecule has 0 spiro atoms. The van der Waals surface area contributed by atoms with Crippen molar-refractivity contribution in [1.82, 2.24) is 51.2 Å². The van der Waals surface area contributed by atoms with Crippen molar-refractivity contribution in [2.75, 3.05) is 29.1 Å². The molecule has 5 rings (SSSR count). The molecule has 0 saturated heterocycles. The number of H-pyrrole nitrogens is 1. The summed E-state index contributed by atoms with van der Waals surface area (Å²) < 4.78 is 0. The number of hydrogen-bond acceptors (Lipinski definition) is 16. The van der Waals surface area contributed by atoms with Gasteiger partial charge in [-0.15, -0.1) is 21.5 Å². The number of hydrogen-bond donors (Lipinski definition) is 9. The van der Waals surface area contributed by atoms with Crippen molar-refractivity contribution in [3.05, 3.63) is 52.7 Å². The number of thiophene rings is 1. The number of tetrazole rings is 1. The molecular formula is C25H28N14O4S. The van der Waals surface area contributed by atoms with Gasteiger partial charge in [-0.2, -0.15) is 15.2 Å². The van der Waals surface area contributed by atoms with Crippen LogP contribution < -0.4 is 33.2 Å². The van der Waals surface area contributed by atoms with Crippen LogP contribution in [-0.4, -0.2) is 75.2 Å². The fraction of sp³-hybridized carbons (Fsp3) is 0.240. The van der Waals surface area contributed by atoms with E-state index in [1.807, 2.05) is 0 Å². The molecule has 2 atom stereocenters. The van der Waals surface area contributed by atoms with Gasteiger partial charge in [0.25, 0.3) is 5.91 Å². The van der Waals surface area contributed by atoms with E-state index < -0.39 is 24.1 Å². The predicted molar refractivity (Wildman–Crippen MR) is 161 cm³/mol. The van der Waals surface area contributed by atoms with E-state index in [1.54, 1.807) is 30.3 Å². The molecule has 12 N–H and O–H groups in total. The lowest BCUT2D eigenvalue weighted by Gasteiger charge is -2.18. The lowest BCUT2D eigenvalue weighted by molar-refractivity contribution is -0.139. The number of carboxylic acids is 1. The number of amides is 1. The Morgan fingerprint density at radius 1 is 1.09 bits per heavy atom. The van der Waals surface area contributed by atoms with Gasteiger partial charge < -0.3 is 38.0 Å². The average molecular weight is 621 g/mol. The van der Waals surface area contributed by atoms with Gasteiger partial charge in [-0.1, -0.05) is 6.07 Å². The minimum Gasteiger partial charge on any atom is -0.480 e. The Hall–Kier alpha value is -5.53. The number of aromatic nitrogens is 8. The number of carboxylic acid groups (broad SMARTS) is 1. The van der Waals surface area contributed by atoms with Gasteiger partial charge in [-0.3, -0.25) is 10.1 Å². The minimum absolute atomic E-state index is 0.00541. The van der Waals surface area contributed by atoms with E-state index in [1.165, 1.54) is 6.20 Å². The molecule has 4 heterocycles. The van der Waals surface area contributed by atoms with Crippen molar-refractivity contribution in [2.24, 2.45) is 0 Å². The summed E-state index contributed by atoms with van der Waals surface area (Å²) in [6.45, 7) is 0.532. The molecule has 228 valence electrons. The molecule has 0 saturated carbocycles. The molecule has 0 bridgehead atoms. The van der Waals surface area contributed by atoms with Crippen LogP contribution in [0.2, 0.25) is 0 Å². The van der Waals surface area contributed by atoms with Gasteiger partial charge in [0.15, 0.2) is 17.0 Å². The number of nitrogens with two attached hydrogens (primary N) is 3. The Kier molecular flexibility index (Phi) is 8.98. The monoisotopic (exact) mass is 620 g/mol. The molecule has 4 aromatic heterocycles. The average Bonchev–Trinajstić information content (AvgIpc) is 3.70. The molecule has 19 heteroatoms. The Morgan fingerprint density at radius 2 is 1.93 bits per heavy atom. The summed E-state index contributed by atoms with van der Waals surface area (Å²) >= 11 is 1.15. The first-order chi connectivity index (χ1) is 21.2. The summed E-state index contributed by atoms with van der Waals surface area (Å²) in [4.78, 5) is 41.5. The first-order valence-corrected chi connectivity index (χ1v) is 14.0. The van der Waals surface area contributed by atoms with Gasteiger partial charge in [-0.25, -0.2) is 14.8 Å². The molecule has 0 aliphatic heterocycles. The predicted octanol–water partition coefficient (Wildman–Crippen LogP) is 0.264. The highest BCUT2D eigenvalue weighted by Gasteiger charge is 2.22. The number of nitrogens with zero attached hydrogens (tertiary/aromatic N) is 7. The summed E-state index contributed by atoms with van der Waals surface area (Å²) in [5.74, 6) is -1.31. The smallest absolute Gasteiger partial charge is 0.326 e. The zero-order valence-corrected chi connectivity index (χ0v) is 23.7. The molecule has 0 radical (unpaired) electrons. The van der Waals surface area contributed by atoms with Crippen molar-refractivity contribution < 1.29 is 19.8 Å². The van der Waals surface area contributed by atoms with Crippen LogP contribution in [-0.2, 0) is 11.3 Å². The Morgan fingerprint density at radius 3 is 2.70 bits per heavy atom. The van der Waals surface area contributed by atoms with Crippen LogP contribution in [0.4, 0.5) is 22.5 Å². The third kappa shape index (κ3) is 7.09. The molecule has 1 amide bonds. The lowest BCUT2D eigenvalue weighted by Crippen LogP contribution is -2.41. The number of carbonyl (C=O) groups excluding carboxylic acids is 1. The van der Waals surface area contributed by atoms with Crippen molar-refractivity contribution in [1.29, 1.82) is 0 Å². The molecule has 0 aliphatic carbocycles. The number of aromatic amines is 1. The largest absolute Gasteiger partial charge is 0.480 e. The van der Waals surface area contributed by atoms with Crippen molar-refractivity contribution in [3.8, 4) is 11.4 Å². The third-order valence-electron chi connectivity index (χ3n) is 6.34. The van der Waals surface area contributed by atoms with Crippen LogP contribution in [0.3, 0.4) is 0 Å². The number of aliphatic carboxylic acids is 1. The molecule has 5 aromatic rings. The molecule has 1 unspecified atom stereocenters. The second-order valence-corrected chi connectivity index (χ2v) is 10.5. The number of anilines is 4. The van der Waals surface area contributed by atoms with Gasteiger partial charge in [0.2, 0.25) is 11.8 Å². The van der Waals surface area contributed by atoms with Gasteiger partial charge in [0.05, 0.1) is 28.3 Å². The van der Waals surface area contributed by atoms with Crippen LogP contribution in [0.1, 0.15) is 40.0 Å². The highest BCUT2D eigenvalue weighted by molar-refractivity contribution is 7.17. The summed E-state index contributed by atoms with van der Waals surface area (Å²) in [6.07, 6.45) is 0.878. The lowest BCUT2D eigenvalue weighted by atomic mass is 10.0. The third-order valence-corrected chi connectivity index (χ3v) is 7.39. The van der Waals surface area contributed by atoms with E-state index in [2.05, 4.69) is 56.5 Å². The first-order valence-electron chi connectivity index (χ1n) is 13.1. The van der Waals surface area contributed by atoms with Gasteiger partial charge in [0.1, 0.15) is 12.3 Å². The highest BCUT2D eigenvalue weighted by atomic mass is 32.1. The maximum absolute atomic E-state index is 12.8. The molecule has 0 aliphatic rings. The second-order valence-electron chi connectivity index (χ2n) is 9.46. The number of fused-ring (bicyclic) bond motifs is 1. The molecule has 1 aromatic carbocycles. The van der Waals surface area contributed by atoms with Crippen molar-refractivity contribution in [2.45, 2.75) is 31.7 Å². The molecule has 44 heavy (non-hydrogen) atoms. The van der Waals surface area contributed by atoms with Gasteiger partial charge in [-0.05, 0) is 48.9 Å². The number of nitrogen functional groups attached to an aromatic ring is 3. The van der Waals surface area contributed by atoms with Crippen molar-refractivity contribution in [3.63, 3.8) is 0 Å². The number of nitrogens with one attached hydrogen (secondary N) is 4. The Balaban J connectivity index is 1.12. The highest BCUT2D eigenvalue weighted by Crippen LogP contribution is 2.27. The summed E-state index contributed by atoms with van der Waals surface area (Å²) in [7, 11) is 0. The van der Waals surface area contributed by atoms with E-state index in [0.29, 0.717) is 44.3 Å². The van der Waals surface area contributed by atoms with Crippen LogP contribution >= 0.6 is 11.3 Å². The normalized spacial score (nSPS) is 12.6. The Labute approximate surface area is 252 Å². The van der Waals surface area contributed by atoms with E-state index in [4.69, 9.17) is 17.2 Å². The minimum atomic E-state index is -1.17. The molecule has 18 nitrogen and oxygen atoms in total. The maximum Gasteiger partial charge on any atom is 0.326 e. The van der Waals surface area contributed by atoms with Crippen molar-refractivity contribution >= 4 is 56.8 Å². The fourth-order valence-electron chi connectivity index (χ4n) is 4.22. The van der Waals surface area contributed by atoms with E-state index >= 15 is 0 Å². The second kappa shape index (κ2) is 13.2. The fourth-order valence-corrected chi connectivity index (χ4v) is 5.03. The number of aliphatic hydroxyl groups excluding tert-OH is 1. The van der Waals surface area contributed by atoms with E-state index in [0.717, 1.165) is 11.3 Å². The number of rotatable bonds is 13.